The maximum Gasteiger partial charge on any atom is 0.242 e. The van der Waals surface area contributed by atoms with E-state index in [2.05, 4.69) is 22.6 Å². The zero-order valence-corrected chi connectivity index (χ0v) is 34.2. The summed E-state index contributed by atoms with van der Waals surface area (Å²) < 4.78 is 9.77. The number of imide groups is 2. The van der Waals surface area contributed by atoms with Gasteiger partial charge in [-0.15, -0.1) is 11.3 Å². The number of anilines is 2. The van der Waals surface area contributed by atoms with Crippen LogP contribution < -0.4 is 14.5 Å². The first-order valence-electron chi connectivity index (χ1n) is 18.5. The van der Waals surface area contributed by atoms with Crippen molar-refractivity contribution >= 4 is 90.7 Å². The second-order valence-electron chi connectivity index (χ2n) is 15.6. The minimum atomic E-state index is -1.26. The Morgan fingerprint density at radius 1 is 0.964 bits per heavy atom. The number of fused-ring (bicyclic) bond motifs is 6. The molecule has 1 N–H and O–H groups in total. The van der Waals surface area contributed by atoms with E-state index in [4.69, 9.17) is 21.4 Å². The van der Waals surface area contributed by atoms with Crippen molar-refractivity contribution in [1.82, 2.24) is 9.78 Å². The van der Waals surface area contributed by atoms with E-state index in [9.17, 15) is 19.5 Å². The molecule has 0 spiro atoms. The summed E-state index contributed by atoms with van der Waals surface area (Å²) in [5.74, 6) is -3.39. The van der Waals surface area contributed by atoms with Crippen LogP contribution in [0.5, 0.6) is 11.5 Å². The molecule has 282 valence electrons. The molecule has 4 amide bonds. The number of nitrogens with zero attached hydrogens (tertiary/aromatic N) is 4. The number of carbonyl (C=O) groups is 4. The quantitative estimate of drug-likeness (QED) is 0.109. The van der Waals surface area contributed by atoms with Crippen LogP contribution in [-0.4, -0.2) is 38.5 Å². The van der Waals surface area contributed by atoms with Crippen molar-refractivity contribution in [2.24, 2.45) is 42.1 Å². The molecule has 13 heteroatoms. The molecule has 0 radical (unpaired) electrons. The fraction of sp³-hybridized carbons (Fsp3) is 0.279. The fourth-order valence-corrected chi connectivity index (χ4v) is 11.8. The molecule has 56 heavy (non-hydrogen) atoms. The lowest BCUT2D eigenvalue weighted by atomic mass is 9.51. The Morgan fingerprint density at radius 2 is 1.75 bits per heavy atom. The molecule has 10 rings (SSSR count). The summed E-state index contributed by atoms with van der Waals surface area (Å²) in [7, 11) is 1.73. The largest absolute Gasteiger partial charge is 0.508 e. The molecule has 0 bridgehead atoms. The third kappa shape index (κ3) is 5.00. The molecule has 3 fully saturated rings. The van der Waals surface area contributed by atoms with Crippen LogP contribution in [0.15, 0.2) is 90.2 Å². The lowest BCUT2D eigenvalue weighted by molar-refractivity contribution is -0.132. The molecule has 6 atom stereocenters. The number of allylic oxidation sites excluding steroid dienone is 3. The van der Waals surface area contributed by atoms with Gasteiger partial charge in [-0.1, -0.05) is 23.3 Å². The SMILES string of the molecule is Cc1c(-c2cc(N3C(=O)C4CC5C(=CCC6C(=O)N(c7ccc(I)cc7)C(=O)C65)C(C5=COc6ccc(O)cc6C5)C4(C)C3=O)n(C)n2)sc2ccc(Cl)cc12. The summed E-state index contributed by atoms with van der Waals surface area (Å²) >= 11 is 10.1. The van der Waals surface area contributed by atoms with Gasteiger partial charge in [-0.3, -0.25) is 28.8 Å². The predicted molar refractivity (Wildman–Crippen MR) is 221 cm³/mol. The number of rotatable bonds is 4. The molecule has 5 aliphatic rings. The molecule has 1 saturated carbocycles. The van der Waals surface area contributed by atoms with Gasteiger partial charge >= 0.3 is 0 Å². The van der Waals surface area contributed by atoms with Gasteiger partial charge in [-0.05, 0) is 132 Å². The molecule has 3 aromatic carbocycles. The monoisotopic (exact) mass is 896 g/mol. The fourth-order valence-electron chi connectivity index (χ4n) is 10.1. The number of phenolic OH excluding ortho intramolecular Hbond substituents is 1. The Labute approximate surface area is 344 Å². The number of thiophene rings is 1. The number of benzene rings is 3. The molecular formula is C43H34ClIN4O6S. The Morgan fingerprint density at radius 3 is 2.54 bits per heavy atom. The minimum Gasteiger partial charge on any atom is -0.508 e. The van der Waals surface area contributed by atoms with Gasteiger partial charge in [0.2, 0.25) is 23.6 Å². The average Bonchev–Trinajstić information content (AvgIpc) is 3.85. The van der Waals surface area contributed by atoms with Gasteiger partial charge in [0.05, 0.1) is 40.0 Å². The Bertz CT molecular complexity index is 2670. The highest BCUT2D eigenvalue weighted by atomic mass is 127. The van der Waals surface area contributed by atoms with Crippen molar-refractivity contribution in [3.05, 3.63) is 110 Å². The van der Waals surface area contributed by atoms with E-state index in [0.29, 0.717) is 40.8 Å². The number of aryl methyl sites for hydroxylation is 2. The second-order valence-corrected chi connectivity index (χ2v) is 18.4. The van der Waals surface area contributed by atoms with Gasteiger partial charge in [-0.25, -0.2) is 4.90 Å². The summed E-state index contributed by atoms with van der Waals surface area (Å²) in [6, 6.07) is 19.8. The summed E-state index contributed by atoms with van der Waals surface area (Å²) in [4.78, 5) is 62.3. The zero-order valence-electron chi connectivity index (χ0n) is 30.5. The van der Waals surface area contributed by atoms with Crippen LogP contribution in [0.25, 0.3) is 20.7 Å². The van der Waals surface area contributed by atoms with Crippen LogP contribution >= 0.6 is 45.5 Å². The maximum absolute atomic E-state index is 15.2. The van der Waals surface area contributed by atoms with Gasteiger partial charge in [0.25, 0.3) is 0 Å². The molecule has 2 saturated heterocycles. The smallest absolute Gasteiger partial charge is 0.242 e. The number of phenols is 1. The highest BCUT2D eigenvalue weighted by Crippen LogP contribution is 2.63. The number of hydrogen-bond acceptors (Lipinski definition) is 8. The van der Waals surface area contributed by atoms with Gasteiger partial charge in [0.1, 0.15) is 23.0 Å². The number of aromatic hydroxyl groups is 1. The molecule has 3 aliphatic heterocycles. The van der Waals surface area contributed by atoms with Crippen molar-refractivity contribution in [1.29, 1.82) is 0 Å². The van der Waals surface area contributed by atoms with Crippen LogP contribution in [0.4, 0.5) is 11.5 Å². The van der Waals surface area contributed by atoms with Crippen molar-refractivity contribution in [3.63, 3.8) is 0 Å². The molecule has 6 unspecified atom stereocenters. The third-order valence-corrected chi connectivity index (χ3v) is 15.0. The second kappa shape index (κ2) is 12.6. The van der Waals surface area contributed by atoms with Crippen LogP contribution in [0.2, 0.25) is 5.02 Å². The Kier molecular flexibility index (Phi) is 8.02. The van der Waals surface area contributed by atoms with Crippen molar-refractivity contribution in [2.75, 3.05) is 9.80 Å². The molecule has 10 nitrogen and oxygen atoms in total. The topological polar surface area (TPSA) is 122 Å². The first-order valence-corrected chi connectivity index (χ1v) is 20.7. The van der Waals surface area contributed by atoms with E-state index < -0.39 is 35.0 Å². The zero-order chi connectivity index (χ0) is 38.9. The van der Waals surface area contributed by atoms with Crippen molar-refractivity contribution < 1.29 is 29.0 Å². The lowest BCUT2D eigenvalue weighted by Crippen LogP contribution is -2.51. The van der Waals surface area contributed by atoms with Gasteiger partial charge in [-0.2, -0.15) is 5.10 Å². The minimum absolute atomic E-state index is 0.0898. The number of ether oxygens (including phenoxy) is 1. The molecule has 5 heterocycles. The predicted octanol–water partition coefficient (Wildman–Crippen LogP) is 8.36. The number of aromatic nitrogens is 2. The van der Waals surface area contributed by atoms with Crippen LogP contribution in [-0.2, 0) is 32.6 Å². The van der Waals surface area contributed by atoms with E-state index >= 15 is 4.79 Å². The van der Waals surface area contributed by atoms with E-state index in [1.165, 1.54) is 9.80 Å². The Hall–Kier alpha value is -4.79. The van der Waals surface area contributed by atoms with Crippen LogP contribution in [0, 0.1) is 45.5 Å². The van der Waals surface area contributed by atoms with Gasteiger partial charge in [0, 0.05) is 44.3 Å². The summed E-state index contributed by atoms with van der Waals surface area (Å²) in [5, 5.41) is 16.9. The molecule has 5 aromatic rings. The van der Waals surface area contributed by atoms with Crippen molar-refractivity contribution in [2.45, 2.75) is 33.1 Å². The first kappa shape index (κ1) is 35.6. The summed E-state index contributed by atoms with van der Waals surface area (Å²) in [6.45, 7) is 3.88. The van der Waals surface area contributed by atoms with E-state index in [1.54, 1.807) is 65.7 Å². The summed E-state index contributed by atoms with van der Waals surface area (Å²) in [5.41, 5.74) is 3.31. The molecule has 2 aliphatic carbocycles. The number of amides is 4. The maximum atomic E-state index is 15.2. The van der Waals surface area contributed by atoms with Gasteiger partial charge in [0.15, 0.2) is 0 Å². The summed E-state index contributed by atoms with van der Waals surface area (Å²) in [6.07, 6.45) is 4.64. The normalized spacial score (nSPS) is 26.8. The number of carbonyl (C=O) groups excluding carboxylic acids is 4. The number of halogens is 2. The highest BCUT2D eigenvalue weighted by molar-refractivity contribution is 14.1. The number of hydrogen-bond donors (Lipinski definition) is 1. The molecular weight excluding hydrogens is 863 g/mol. The Balaban J connectivity index is 1.08. The van der Waals surface area contributed by atoms with E-state index in [0.717, 1.165) is 40.8 Å². The lowest BCUT2D eigenvalue weighted by Gasteiger charge is -2.49. The average molecular weight is 897 g/mol. The van der Waals surface area contributed by atoms with E-state index in [-0.39, 0.29) is 35.8 Å². The van der Waals surface area contributed by atoms with E-state index in [1.807, 2.05) is 50.3 Å². The molecule has 2 aromatic heterocycles. The highest BCUT2D eigenvalue weighted by Gasteiger charge is 2.68. The van der Waals surface area contributed by atoms with Crippen LogP contribution in [0.1, 0.15) is 30.9 Å². The third-order valence-electron chi connectivity index (χ3n) is 12.7. The van der Waals surface area contributed by atoms with Crippen molar-refractivity contribution in [3.8, 4) is 22.1 Å². The standard InChI is InChI=1S/C43H34ClIN4O6S/c1-20-29-16-23(44)4-13-34(29)56-38(20)32-18-35(47(3)46-32)49-40(52)31-17-30-27(10-11-28-36(30)41(53)48(39(28)51)25-7-5-24(45)6-8-25)37(43(31,2)42(49)54)22-14-21-15-26(50)9-12-33(21)55-19-22/h4-10,12-13,15-16,18-19,28,30-31,36-37,50H,11,14,17H2,1-3H3. The van der Waals surface area contributed by atoms with Gasteiger partial charge < -0.3 is 9.84 Å². The van der Waals surface area contributed by atoms with Crippen LogP contribution in [0.3, 0.4) is 0 Å². The first-order chi connectivity index (χ1) is 26.8.